The van der Waals surface area contributed by atoms with Gasteiger partial charge in [-0.05, 0) is 18.2 Å². The summed E-state index contributed by atoms with van der Waals surface area (Å²) in [5.41, 5.74) is 1.36. The number of nitrogens with zero attached hydrogens (tertiary/aromatic N) is 3. The molecule has 0 radical (unpaired) electrons. The number of hydrogen-bond donors (Lipinski definition) is 1. The predicted octanol–water partition coefficient (Wildman–Crippen LogP) is 1.90. The lowest BCUT2D eigenvalue weighted by atomic mass is 10.2. The molecule has 20 heavy (non-hydrogen) atoms. The lowest BCUT2D eigenvalue weighted by Gasteiger charge is -2.04. The Hall–Kier alpha value is -2.28. The fourth-order valence-corrected chi connectivity index (χ4v) is 2.74. The molecule has 5 nitrogen and oxygen atoms in total. The van der Waals surface area contributed by atoms with E-state index < -0.39 is 5.82 Å². The molecule has 0 spiro atoms. The molecule has 3 rings (SSSR count). The van der Waals surface area contributed by atoms with Gasteiger partial charge in [0, 0.05) is 29.6 Å². The van der Waals surface area contributed by atoms with E-state index in [1.807, 2.05) is 9.78 Å². The molecule has 0 bridgehead atoms. The summed E-state index contributed by atoms with van der Waals surface area (Å²) in [6, 6.07) is 5.63. The zero-order valence-electron chi connectivity index (χ0n) is 10.4. The Labute approximate surface area is 118 Å². The SMILES string of the molecule is O=C(NCCc1csc2nncn12)c1cccc(F)c1. The van der Waals surface area contributed by atoms with Gasteiger partial charge in [0.15, 0.2) is 0 Å². The van der Waals surface area contributed by atoms with Crippen molar-refractivity contribution in [3.63, 3.8) is 0 Å². The second-order valence-electron chi connectivity index (χ2n) is 4.23. The number of fused-ring (bicyclic) bond motifs is 1. The molecular weight excluding hydrogens is 279 g/mol. The molecule has 102 valence electrons. The standard InChI is InChI=1S/C13H11FN4OS/c14-10-3-1-2-9(6-10)12(19)15-5-4-11-7-20-13-17-16-8-18(11)13/h1-3,6-8H,4-5H2,(H,15,19). The third-order valence-electron chi connectivity index (χ3n) is 2.88. The van der Waals surface area contributed by atoms with Gasteiger partial charge >= 0.3 is 0 Å². The van der Waals surface area contributed by atoms with E-state index in [1.54, 1.807) is 12.4 Å². The van der Waals surface area contributed by atoms with Crippen LogP contribution < -0.4 is 5.32 Å². The van der Waals surface area contributed by atoms with Gasteiger partial charge in [-0.25, -0.2) is 4.39 Å². The third kappa shape index (κ3) is 2.53. The van der Waals surface area contributed by atoms with Crippen molar-refractivity contribution < 1.29 is 9.18 Å². The number of carbonyl (C=O) groups is 1. The van der Waals surface area contributed by atoms with Crippen molar-refractivity contribution in [2.45, 2.75) is 6.42 Å². The number of benzene rings is 1. The Balaban J connectivity index is 1.60. The summed E-state index contributed by atoms with van der Waals surface area (Å²) in [5, 5.41) is 12.5. The molecule has 0 aliphatic rings. The van der Waals surface area contributed by atoms with Crippen LogP contribution in [0.25, 0.3) is 4.96 Å². The van der Waals surface area contributed by atoms with Crippen LogP contribution in [0.1, 0.15) is 16.1 Å². The largest absolute Gasteiger partial charge is 0.352 e. The zero-order chi connectivity index (χ0) is 13.9. The van der Waals surface area contributed by atoms with Crippen LogP contribution in [0.2, 0.25) is 0 Å². The summed E-state index contributed by atoms with van der Waals surface area (Å²) in [5.74, 6) is -0.693. The van der Waals surface area contributed by atoms with Crippen molar-refractivity contribution in [1.29, 1.82) is 0 Å². The van der Waals surface area contributed by atoms with Crippen molar-refractivity contribution in [2.24, 2.45) is 0 Å². The Kier molecular flexibility index (Phi) is 3.42. The van der Waals surface area contributed by atoms with Crippen LogP contribution in [0.4, 0.5) is 4.39 Å². The summed E-state index contributed by atoms with van der Waals surface area (Å²) in [6.07, 6.45) is 2.31. The maximum absolute atomic E-state index is 13.0. The highest BCUT2D eigenvalue weighted by atomic mass is 32.1. The van der Waals surface area contributed by atoms with Gasteiger partial charge < -0.3 is 5.32 Å². The van der Waals surface area contributed by atoms with Crippen molar-refractivity contribution in [2.75, 3.05) is 6.54 Å². The molecule has 0 fully saturated rings. The van der Waals surface area contributed by atoms with Crippen molar-refractivity contribution in [1.82, 2.24) is 19.9 Å². The zero-order valence-corrected chi connectivity index (χ0v) is 11.2. The Bertz CT molecular complexity index is 752. The van der Waals surface area contributed by atoms with E-state index in [0.29, 0.717) is 18.5 Å². The maximum Gasteiger partial charge on any atom is 0.251 e. The molecule has 1 N–H and O–H groups in total. The molecule has 7 heteroatoms. The maximum atomic E-state index is 13.0. The Morgan fingerprint density at radius 2 is 2.35 bits per heavy atom. The number of carbonyl (C=O) groups excluding carboxylic acids is 1. The van der Waals surface area contributed by atoms with E-state index in [9.17, 15) is 9.18 Å². The first-order valence-corrected chi connectivity index (χ1v) is 6.92. The van der Waals surface area contributed by atoms with Crippen LogP contribution >= 0.6 is 11.3 Å². The number of nitrogens with one attached hydrogen (secondary N) is 1. The number of hydrogen-bond acceptors (Lipinski definition) is 4. The highest BCUT2D eigenvalue weighted by Crippen LogP contribution is 2.13. The average molecular weight is 290 g/mol. The quantitative estimate of drug-likeness (QED) is 0.798. The van der Waals surface area contributed by atoms with Crippen molar-refractivity contribution in [3.8, 4) is 0 Å². The first-order valence-electron chi connectivity index (χ1n) is 6.04. The molecule has 0 aliphatic heterocycles. The summed E-state index contributed by atoms with van der Waals surface area (Å²) in [6.45, 7) is 0.472. The lowest BCUT2D eigenvalue weighted by Crippen LogP contribution is -2.26. The average Bonchev–Trinajstić information content (AvgIpc) is 3.03. The molecule has 3 aromatic rings. The Morgan fingerprint density at radius 3 is 3.20 bits per heavy atom. The van der Waals surface area contributed by atoms with Gasteiger partial charge in [-0.3, -0.25) is 9.20 Å². The molecule has 0 saturated carbocycles. The highest BCUT2D eigenvalue weighted by molar-refractivity contribution is 7.15. The molecule has 1 aromatic carbocycles. The van der Waals surface area contributed by atoms with Crippen LogP contribution in [0.5, 0.6) is 0 Å². The summed E-state index contributed by atoms with van der Waals surface area (Å²) >= 11 is 1.50. The minimum absolute atomic E-state index is 0.278. The third-order valence-corrected chi connectivity index (χ3v) is 3.76. The van der Waals surface area contributed by atoms with Gasteiger partial charge in [0.1, 0.15) is 12.1 Å². The summed E-state index contributed by atoms with van der Waals surface area (Å²) in [7, 11) is 0. The lowest BCUT2D eigenvalue weighted by molar-refractivity contribution is 0.0953. The van der Waals surface area contributed by atoms with Gasteiger partial charge in [0.05, 0.1) is 0 Å². The fourth-order valence-electron chi connectivity index (χ4n) is 1.89. The normalized spacial score (nSPS) is 10.8. The number of amides is 1. The van der Waals surface area contributed by atoms with Gasteiger partial charge in [-0.1, -0.05) is 6.07 Å². The van der Waals surface area contributed by atoms with E-state index in [-0.39, 0.29) is 5.91 Å². The second kappa shape index (κ2) is 5.38. The molecule has 0 unspecified atom stereocenters. The van der Waals surface area contributed by atoms with Crippen molar-refractivity contribution in [3.05, 3.63) is 53.0 Å². The van der Waals surface area contributed by atoms with E-state index in [1.165, 1.54) is 29.5 Å². The molecule has 2 aromatic heterocycles. The monoisotopic (exact) mass is 290 g/mol. The topological polar surface area (TPSA) is 59.3 Å². The second-order valence-corrected chi connectivity index (χ2v) is 5.06. The predicted molar refractivity (Wildman–Crippen MR) is 73.3 cm³/mol. The van der Waals surface area contributed by atoms with Crippen molar-refractivity contribution >= 4 is 22.2 Å². The van der Waals surface area contributed by atoms with E-state index >= 15 is 0 Å². The van der Waals surface area contributed by atoms with Crippen LogP contribution in [0.15, 0.2) is 36.0 Å². The van der Waals surface area contributed by atoms with Gasteiger partial charge in [0.25, 0.3) is 5.91 Å². The summed E-state index contributed by atoms with van der Waals surface area (Å²) < 4.78 is 14.9. The first kappa shape index (κ1) is 12.7. The van der Waals surface area contributed by atoms with Gasteiger partial charge in [-0.15, -0.1) is 21.5 Å². The fraction of sp³-hybridized carbons (Fsp3) is 0.154. The molecule has 2 heterocycles. The number of thiazole rings is 1. The van der Waals surface area contributed by atoms with Crippen LogP contribution in [-0.4, -0.2) is 27.0 Å². The number of aromatic nitrogens is 3. The molecule has 0 atom stereocenters. The smallest absolute Gasteiger partial charge is 0.251 e. The van der Waals surface area contributed by atoms with E-state index in [0.717, 1.165) is 10.7 Å². The Morgan fingerprint density at radius 1 is 1.45 bits per heavy atom. The van der Waals surface area contributed by atoms with Gasteiger partial charge in [-0.2, -0.15) is 0 Å². The van der Waals surface area contributed by atoms with E-state index in [4.69, 9.17) is 0 Å². The minimum atomic E-state index is -0.415. The molecule has 0 saturated heterocycles. The molecule has 0 aliphatic carbocycles. The highest BCUT2D eigenvalue weighted by Gasteiger charge is 2.08. The minimum Gasteiger partial charge on any atom is -0.352 e. The van der Waals surface area contributed by atoms with Gasteiger partial charge in [0.2, 0.25) is 4.96 Å². The molecule has 1 amide bonds. The van der Waals surface area contributed by atoms with Crippen LogP contribution in [-0.2, 0) is 6.42 Å². The number of halogens is 1. The summed E-state index contributed by atoms with van der Waals surface area (Å²) in [4.78, 5) is 12.7. The van der Waals surface area contributed by atoms with Crippen LogP contribution in [0, 0.1) is 5.82 Å². The van der Waals surface area contributed by atoms with Crippen LogP contribution in [0.3, 0.4) is 0 Å². The molecular formula is C13H11FN4OS. The first-order chi connectivity index (χ1) is 9.74. The number of rotatable bonds is 4. The van der Waals surface area contributed by atoms with E-state index in [2.05, 4.69) is 15.5 Å².